The third kappa shape index (κ3) is 5.61. The van der Waals surface area contributed by atoms with Gasteiger partial charge in [0.25, 0.3) is 5.91 Å². The molecule has 1 aromatic carbocycles. The van der Waals surface area contributed by atoms with Gasteiger partial charge in [-0.05, 0) is 12.1 Å². The van der Waals surface area contributed by atoms with Crippen LogP contribution in [0.2, 0.25) is 10.0 Å². The maximum Gasteiger partial charge on any atom is 0.303 e. The monoisotopic (exact) mass is 332 g/mol. The Kier molecular flexibility index (Phi) is 6.45. The average molecular weight is 333 g/mol. The van der Waals surface area contributed by atoms with E-state index in [9.17, 15) is 14.4 Å². The second-order valence-corrected chi connectivity index (χ2v) is 4.99. The Bertz CT molecular complexity index is 543. The second kappa shape index (κ2) is 7.85. The minimum atomic E-state index is -0.566. The summed E-state index contributed by atoms with van der Waals surface area (Å²) >= 11 is 11.8. The number of rotatable bonds is 5. The number of benzene rings is 1. The number of halogens is 2. The molecule has 0 saturated heterocycles. The van der Waals surface area contributed by atoms with Gasteiger partial charge in [0.2, 0.25) is 5.91 Å². The van der Waals surface area contributed by atoms with E-state index in [0.29, 0.717) is 10.0 Å². The van der Waals surface area contributed by atoms with Gasteiger partial charge in [-0.3, -0.25) is 14.4 Å². The normalized spacial score (nSPS) is 9.90. The maximum atomic E-state index is 11.8. The van der Waals surface area contributed by atoms with Crippen LogP contribution in [0.5, 0.6) is 0 Å². The first-order valence-electron chi connectivity index (χ1n) is 5.92. The molecule has 0 spiro atoms. The number of nitrogens with one attached hydrogen (secondary N) is 1. The predicted molar refractivity (Wildman–Crippen MR) is 79.4 cm³/mol. The highest BCUT2D eigenvalue weighted by Crippen LogP contribution is 2.29. The van der Waals surface area contributed by atoms with E-state index in [2.05, 4.69) is 10.1 Å². The second-order valence-electron chi connectivity index (χ2n) is 4.17. The highest BCUT2D eigenvalue weighted by atomic mass is 35.5. The molecule has 1 N–H and O–H groups in total. The van der Waals surface area contributed by atoms with Crippen molar-refractivity contribution in [1.29, 1.82) is 0 Å². The van der Waals surface area contributed by atoms with E-state index in [4.69, 9.17) is 23.2 Å². The first-order valence-corrected chi connectivity index (χ1v) is 6.68. The number of hydrogen-bond donors (Lipinski definition) is 1. The van der Waals surface area contributed by atoms with Gasteiger partial charge in [-0.15, -0.1) is 0 Å². The van der Waals surface area contributed by atoms with Crippen LogP contribution in [-0.4, -0.2) is 42.9 Å². The summed E-state index contributed by atoms with van der Waals surface area (Å²) in [6, 6.07) is 4.81. The molecule has 1 rings (SSSR count). The van der Waals surface area contributed by atoms with Crippen LogP contribution in [0.4, 0.5) is 5.69 Å². The van der Waals surface area contributed by atoms with E-state index in [1.165, 1.54) is 14.0 Å². The number of anilines is 1. The van der Waals surface area contributed by atoms with Crippen LogP contribution in [0.1, 0.15) is 6.92 Å². The van der Waals surface area contributed by atoms with Gasteiger partial charge < -0.3 is 15.0 Å². The van der Waals surface area contributed by atoms with Crippen molar-refractivity contribution >= 4 is 46.7 Å². The number of carbonyl (C=O) groups excluding carboxylic acids is 3. The lowest BCUT2D eigenvalue weighted by Gasteiger charge is -2.17. The summed E-state index contributed by atoms with van der Waals surface area (Å²) < 4.78 is 4.56. The lowest BCUT2D eigenvalue weighted by atomic mass is 10.3. The third-order valence-electron chi connectivity index (χ3n) is 2.43. The van der Waals surface area contributed by atoms with E-state index < -0.39 is 24.4 Å². The van der Waals surface area contributed by atoms with E-state index in [-0.39, 0.29) is 12.2 Å². The molecule has 0 aliphatic rings. The van der Waals surface area contributed by atoms with Crippen molar-refractivity contribution in [1.82, 2.24) is 4.90 Å². The Labute approximate surface area is 132 Å². The lowest BCUT2D eigenvalue weighted by molar-refractivity contribution is -0.150. The molecule has 0 radical (unpaired) electrons. The maximum absolute atomic E-state index is 11.8. The molecule has 0 aliphatic carbocycles. The number of carbonyl (C=O) groups is 3. The molecule has 6 nitrogen and oxygen atoms in total. The Morgan fingerprint density at radius 3 is 2.33 bits per heavy atom. The molecule has 0 fully saturated rings. The molecule has 114 valence electrons. The van der Waals surface area contributed by atoms with Crippen LogP contribution >= 0.6 is 23.2 Å². The van der Waals surface area contributed by atoms with Crippen molar-refractivity contribution in [2.45, 2.75) is 6.92 Å². The van der Waals surface area contributed by atoms with Gasteiger partial charge in [0, 0.05) is 14.0 Å². The average Bonchev–Trinajstić information content (AvgIpc) is 2.40. The van der Waals surface area contributed by atoms with Crippen LogP contribution in [0.15, 0.2) is 18.2 Å². The van der Waals surface area contributed by atoms with Gasteiger partial charge in [0.05, 0.1) is 22.3 Å². The van der Waals surface area contributed by atoms with Crippen LogP contribution < -0.4 is 5.32 Å². The molecule has 8 heteroatoms. The molecule has 0 aliphatic heterocycles. The summed E-state index contributed by atoms with van der Waals surface area (Å²) in [6.07, 6.45) is 0. The molecule has 0 aromatic heterocycles. The largest absolute Gasteiger partial charge is 0.456 e. The first-order chi connectivity index (χ1) is 9.81. The molecule has 0 unspecified atom stereocenters. The number of hydrogen-bond acceptors (Lipinski definition) is 4. The van der Waals surface area contributed by atoms with Crippen LogP contribution in [0, 0.1) is 0 Å². The number of likely N-dealkylation sites (N-methyl/N-ethyl adjacent to an activating group) is 1. The summed E-state index contributed by atoms with van der Waals surface area (Å²) in [4.78, 5) is 35.2. The Morgan fingerprint density at radius 1 is 1.24 bits per heavy atom. The molecule has 21 heavy (non-hydrogen) atoms. The molecule has 0 heterocycles. The van der Waals surface area contributed by atoms with E-state index in [1.807, 2.05) is 0 Å². The Balaban J connectivity index is 2.57. The first kappa shape index (κ1) is 17.3. The fourth-order valence-corrected chi connectivity index (χ4v) is 1.87. The van der Waals surface area contributed by atoms with Gasteiger partial charge in [-0.25, -0.2) is 0 Å². The number of ether oxygens (including phenoxy) is 1. The van der Waals surface area contributed by atoms with Crippen molar-refractivity contribution in [2.24, 2.45) is 0 Å². The number of para-hydroxylation sites is 1. The fourth-order valence-electron chi connectivity index (χ4n) is 1.37. The molecule has 1 aromatic rings. The summed E-state index contributed by atoms with van der Waals surface area (Å²) in [5, 5.41) is 3.12. The highest BCUT2D eigenvalue weighted by Gasteiger charge is 2.16. The third-order valence-corrected chi connectivity index (χ3v) is 3.06. The van der Waals surface area contributed by atoms with Crippen molar-refractivity contribution in [2.75, 3.05) is 25.5 Å². The fraction of sp³-hybridized carbons (Fsp3) is 0.308. The van der Waals surface area contributed by atoms with Gasteiger partial charge in [0.15, 0.2) is 6.61 Å². The number of nitrogens with zero attached hydrogens (tertiary/aromatic N) is 1. The van der Waals surface area contributed by atoms with E-state index >= 15 is 0 Å². The van der Waals surface area contributed by atoms with Crippen molar-refractivity contribution < 1.29 is 19.1 Å². The predicted octanol–water partition coefficient (Wildman–Crippen LogP) is 1.95. The quantitative estimate of drug-likeness (QED) is 0.836. The summed E-state index contributed by atoms with van der Waals surface area (Å²) in [5.41, 5.74) is 0.284. The topological polar surface area (TPSA) is 75.7 Å². The number of esters is 1. The van der Waals surface area contributed by atoms with E-state index in [1.54, 1.807) is 18.2 Å². The van der Waals surface area contributed by atoms with Gasteiger partial charge in [0.1, 0.15) is 0 Å². The van der Waals surface area contributed by atoms with Crippen LogP contribution in [0.3, 0.4) is 0 Å². The van der Waals surface area contributed by atoms with E-state index in [0.717, 1.165) is 4.90 Å². The molecule has 2 amide bonds. The molecule has 0 saturated carbocycles. The van der Waals surface area contributed by atoms with Crippen molar-refractivity contribution in [3.8, 4) is 0 Å². The van der Waals surface area contributed by atoms with Gasteiger partial charge in [-0.2, -0.15) is 0 Å². The SMILES string of the molecule is CC(=O)OCC(=O)N(C)CC(=O)Nc1c(Cl)cccc1Cl. The van der Waals surface area contributed by atoms with Crippen LogP contribution in [-0.2, 0) is 19.1 Å². The molecular weight excluding hydrogens is 319 g/mol. The zero-order chi connectivity index (χ0) is 16.0. The number of amides is 2. The molecule has 0 bridgehead atoms. The standard InChI is InChI=1S/C13H14Cl2N2O4/c1-8(18)21-7-12(20)17(2)6-11(19)16-13-9(14)4-3-5-10(13)15/h3-5H,6-7H2,1-2H3,(H,16,19). The zero-order valence-corrected chi connectivity index (χ0v) is 13.0. The lowest BCUT2D eigenvalue weighted by Crippen LogP contribution is -2.37. The van der Waals surface area contributed by atoms with Gasteiger partial charge >= 0.3 is 5.97 Å². The molecule has 0 atom stereocenters. The minimum Gasteiger partial charge on any atom is -0.456 e. The van der Waals surface area contributed by atoms with Crippen molar-refractivity contribution in [3.63, 3.8) is 0 Å². The van der Waals surface area contributed by atoms with Crippen molar-refractivity contribution in [3.05, 3.63) is 28.2 Å². The van der Waals surface area contributed by atoms with Gasteiger partial charge in [-0.1, -0.05) is 29.3 Å². The summed E-state index contributed by atoms with van der Waals surface area (Å²) in [7, 11) is 1.42. The minimum absolute atomic E-state index is 0.221. The Hall–Kier alpha value is -1.79. The van der Waals surface area contributed by atoms with Crippen LogP contribution in [0.25, 0.3) is 0 Å². The summed E-state index contributed by atoms with van der Waals surface area (Å²) in [5.74, 6) is -1.53. The molecular formula is C13H14Cl2N2O4. The zero-order valence-electron chi connectivity index (χ0n) is 11.5. The smallest absolute Gasteiger partial charge is 0.303 e. The summed E-state index contributed by atoms with van der Waals surface area (Å²) in [6.45, 7) is 0.563. The Morgan fingerprint density at radius 2 is 1.81 bits per heavy atom. The highest BCUT2D eigenvalue weighted by molar-refractivity contribution is 6.39.